The molecule has 1 N–H and O–H groups in total. The minimum absolute atomic E-state index is 0.172. The molecule has 0 aromatic heterocycles. The van der Waals surface area contributed by atoms with Crippen LogP contribution in [0.4, 0.5) is 18.9 Å². The van der Waals surface area contributed by atoms with Gasteiger partial charge in [-0.25, -0.2) is 0 Å². The van der Waals surface area contributed by atoms with E-state index in [0.717, 1.165) is 25.2 Å². The van der Waals surface area contributed by atoms with Gasteiger partial charge in [0.1, 0.15) is 5.75 Å². The Bertz CT molecular complexity index is 984. The highest BCUT2D eigenvalue weighted by atomic mass is 19.4. The third-order valence-corrected chi connectivity index (χ3v) is 5.38. The summed E-state index contributed by atoms with van der Waals surface area (Å²) in [4.78, 5) is 2.09. The molecule has 3 aromatic carbocycles. The van der Waals surface area contributed by atoms with Crippen LogP contribution in [-0.2, 0) is 0 Å². The molecule has 0 amide bonds. The molecule has 0 bridgehead atoms. The summed E-state index contributed by atoms with van der Waals surface area (Å²) in [5.74, 6) is -0.185. The van der Waals surface area contributed by atoms with E-state index in [1.807, 2.05) is 18.2 Å². The minimum atomic E-state index is -4.68. The molecular weight excluding hydrogens is 377 g/mol. The molecule has 6 heteroatoms. The average Bonchev–Trinajstić information content (AvgIpc) is 3.15. The van der Waals surface area contributed by atoms with Crippen molar-refractivity contribution in [3.63, 3.8) is 0 Å². The summed E-state index contributed by atoms with van der Waals surface area (Å²) in [7, 11) is 0. The molecule has 4 rings (SSSR count). The first-order chi connectivity index (χ1) is 13.9. The molecule has 0 radical (unpaired) electrons. The van der Waals surface area contributed by atoms with E-state index >= 15 is 0 Å². The Kier molecular flexibility index (Phi) is 5.37. The van der Waals surface area contributed by atoms with Gasteiger partial charge in [0.05, 0.1) is 0 Å². The Morgan fingerprint density at radius 2 is 1.79 bits per heavy atom. The largest absolute Gasteiger partial charge is 0.573 e. The molecular formula is C23H23F3N2O. The van der Waals surface area contributed by atoms with E-state index in [9.17, 15) is 13.2 Å². The van der Waals surface area contributed by atoms with E-state index in [2.05, 4.69) is 52.2 Å². The molecule has 0 unspecified atom stereocenters. The van der Waals surface area contributed by atoms with Gasteiger partial charge in [-0.15, -0.1) is 13.2 Å². The fourth-order valence-corrected chi connectivity index (χ4v) is 4.08. The van der Waals surface area contributed by atoms with Crippen LogP contribution in [0.25, 0.3) is 10.8 Å². The molecule has 3 aromatic rings. The summed E-state index contributed by atoms with van der Waals surface area (Å²) in [6.07, 6.45) is -3.75. The number of nitrogens with one attached hydrogen (secondary N) is 1. The molecule has 0 spiro atoms. The van der Waals surface area contributed by atoms with Crippen molar-refractivity contribution in [3.8, 4) is 5.75 Å². The summed E-state index contributed by atoms with van der Waals surface area (Å²) in [6, 6.07) is 21.3. The highest BCUT2D eigenvalue weighted by Crippen LogP contribution is 2.30. The second-order valence-corrected chi connectivity index (χ2v) is 7.43. The fraction of sp³-hybridized carbons (Fsp3) is 0.304. The quantitative estimate of drug-likeness (QED) is 0.597. The number of ether oxygens (including phenoxy) is 1. The molecule has 1 aliphatic heterocycles. The average molecular weight is 400 g/mol. The number of benzene rings is 3. The first kappa shape index (κ1) is 19.6. The Morgan fingerprint density at radius 3 is 2.62 bits per heavy atom. The van der Waals surface area contributed by atoms with Crippen molar-refractivity contribution in [2.24, 2.45) is 0 Å². The summed E-state index contributed by atoms with van der Waals surface area (Å²) in [5, 5.41) is 6.14. The molecule has 1 heterocycles. The predicted molar refractivity (Wildman–Crippen MR) is 109 cm³/mol. The number of nitrogens with zero attached hydrogens (tertiary/aromatic N) is 1. The summed E-state index contributed by atoms with van der Waals surface area (Å²) >= 11 is 0. The highest BCUT2D eigenvalue weighted by Gasteiger charge is 2.31. The van der Waals surface area contributed by atoms with Gasteiger partial charge in [0, 0.05) is 36.9 Å². The van der Waals surface area contributed by atoms with Crippen LogP contribution in [0.15, 0.2) is 66.7 Å². The number of anilines is 1. The summed E-state index contributed by atoms with van der Waals surface area (Å²) in [6.45, 7) is 3.68. The van der Waals surface area contributed by atoms with Gasteiger partial charge in [-0.05, 0) is 41.8 Å². The third kappa shape index (κ3) is 4.65. The Labute approximate surface area is 168 Å². The molecule has 152 valence electrons. The zero-order chi connectivity index (χ0) is 20.4. The topological polar surface area (TPSA) is 24.5 Å². The molecule has 3 nitrogen and oxygen atoms in total. The van der Waals surface area contributed by atoms with Crippen LogP contribution >= 0.6 is 0 Å². The van der Waals surface area contributed by atoms with Gasteiger partial charge in [-0.3, -0.25) is 0 Å². The van der Waals surface area contributed by atoms with Gasteiger partial charge in [-0.2, -0.15) is 0 Å². The van der Waals surface area contributed by atoms with Crippen LogP contribution < -0.4 is 15.0 Å². The van der Waals surface area contributed by atoms with E-state index in [-0.39, 0.29) is 17.8 Å². The van der Waals surface area contributed by atoms with Gasteiger partial charge in [0.2, 0.25) is 0 Å². The summed E-state index contributed by atoms with van der Waals surface area (Å²) < 4.78 is 41.5. The highest BCUT2D eigenvalue weighted by molar-refractivity contribution is 5.86. The van der Waals surface area contributed by atoms with Gasteiger partial charge < -0.3 is 15.0 Å². The maximum absolute atomic E-state index is 12.5. The molecule has 0 saturated carbocycles. The number of alkyl halides is 3. The van der Waals surface area contributed by atoms with E-state index in [1.165, 1.54) is 28.5 Å². The van der Waals surface area contributed by atoms with Crippen LogP contribution in [0.5, 0.6) is 5.75 Å². The van der Waals surface area contributed by atoms with Gasteiger partial charge in [0.25, 0.3) is 0 Å². The summed E-state index contributed by atoms with van der Waals surface area (Å²) in [5.41, 5.74) is 2.00. The zero-order valence-corrected chi connectivity index (χ0v) is 16.1. The monoisotopic (exact) mass is 400 g/mol. The first-order valence-corrected chi connectivity index (χ1v) is 9.73. The third-order valence-electron chi connectivity index (χ3n) is 5.38. The number of halogens is 3. The van der Waals surface area contributed by atoms with Crippen molar-refractivity contribution in [2.75, 3.05) is 18.0 Å². The lowest BCUT2D eigenvalue weighted by Crippen LogP contribution is -2.34. The van der Waals surface area contributed by atoms with Crippen LogP contribution in [0.1, 0.15) is 24.9 Å². The fourth-order valence-electron chi connectivity index (χ4n) is 4.08. The van der Waals surface area contributed by atoms with Gasteiger partial charge in [-0.1, -0.05) is 48.5 Å². The first-order valence-electron chi connectivity index (χ1n) is 9.73. The van der Waals surface area contributed by atoms with Gasteiger partial charge >= 0.3 is 6.36 Å². The van der Waals surface area contributed by atoms with Crippen molar-refractivity contribution in [1.29, 1.82) is 0 Å². The van der Waals surface area contributed by atoms with Gasteiger partial charge in [0.15, 0.2) is 0 Å². The lowest BCUT2D eigenvalue weighted by atomic mass is 9.99. The number of rotatable bonds is 5. The molecule has 0 aliphatic carbocycles. The number of fused-ring (bicyclic) bond motifs is 1. The van der Waals surface area contributed by atoms with Crippen molar-refractivity contribution in [2.45, 2.75) is 31.8 Å². The Hall–Kier alpha value is -2.73. The van der Waals surface area contributed by atoms with Crippen molar-refractivity contribution in [3.05, 3.63) is 72.3 Å². The Balaban J connectivity index is 1.43. The number of hydrogen-bond donors (Lipinski definition) is 1. The molecule has 2 atom stereocenters. The lowest BCUT2D eigenvalue weighted by Gasteiger charge is -2.23. The maximum Gasteiger partial charge on any atom is 0.573 e. The second-order valence-electron chi connectivity index (χ2n) is 7.43. The van der Waals surface area contributed by atoms with E-state index in [1.54, 1.807) is 6.07 Å². The lowest BCUT2D eigenvalue weighted by molar-refractivity contribution is -0.274. The van der Waals surface area contributed by atoms with Crippen molar-refractivity contribution in [1.82, 2.24) is 5.32 Å². The number of hydrogen-bond acceptors (Lipinski definition) is 3. The molecule has 29 heavy (non-hydrogen) atoms. The minimum Gasteiger partial charge on any atom is -0.406 e. The SMILES string of the molecule is C[C@@H](N[C@H]1CCN(c2cccc(OC(F)(F)F)c2)C1)c1cccc2ccccc12. The molecule has 1 saturated heterocycles. The van der Waals surface area contributed by atoms with Crippen molar-refractivity contribution < 1.29 is 17.9 Å². The van der Waals surface area contributed by atoms with Crippen LogP contribution in [0.2, 0.25) is 0 Å². The smallest absolute Gasteiger partial charge is 0.406 e. The Morgan fingerprint density at radius 1 is 1.03 bits per heavy atom. The van der Waals surface area contributed by atoms with Crippen LogP contribution in [-0.4, -0.2) is 25.5 Å². The van der Waals surface area contributed by atoms with E-state index in [0.29, 0.717) is 0 Å². The second kappa shape index (κ2) is 7.95. The standard InChI is InChI=1S/C23H23F3N2O/c1-16(21-11-4-7-17-6-2-3-10-22(17)21)27-18-12-13-28(15-18)19-8-5-9-20(14-19)29-23(24,25)26/h2-11,14,16,18,27H,12-13,15H2,1H3/t16-,18+/m1/s1. The molecule has 1 aliphatic rings. The van der Waals surface area contributed by atoms with E-state index in [4.69, 9.17) is 0 Å². The van der Waals surface area contributed by atoms with Crippen LogP contribution in [0, 0.1) is 0 Å². The predicted octanol–water partition coefficient (Wildman–Crippen LogP) is 5.67. The zero-order valence-electron chi connectivity index (χ0n) is 16.1. The normalized spacial score (nSPS) is 18.2. The van der Waals surface area contributed by atoms with Crippen molar-refractivity contribution >= 4 is 16.5 Å². The van der Waals surface area contributed by atoms with E-state index < -0.39 is 6.36 Å². The van der Waals surface area contributed by atoms with Crippen LogP contribution in [0.3, 0.4) is 0 Å². The maximum atomic E-state index is 12.5. The molecule has 1 fully saturated rings.